The van der Waals surface area contributed by atoms with Gasteiger partial charge in [0.1, 0.15) is 24.6 Å². The summed E-state index contributed by atoms with van der Waals surface area (Å²) in [5.74, 6) is 0.588. The second kappa shape index (κ2) is 14.7. The van der Waals surface area contributed by atoms with Crippen molar-refractivity contribution in [1.29, 1.82) is 0 Å². The lowest BCUT2D eigenvalue weighted by Crippen LogP contribution is -2.62. The van der Waals surface area contributed by atoms with Gasteiger partial charge in [0.25, 0.3) is 0 Å². The molecule has 1 aliphatic carbocycles. The number of anilines is 1. The molecule has 17 heteroatoms. The van der Waals surface area contributed by atoms with Gasteiger partial charge in [-0.15, -0.1) is 0 Å². The van der Waals surface area contributed by atoms with Gasteiger partial charge in [-0.05, 0) is 46.1 Å². The fourth-order valence-corrected chi connectivity index (χ4v) is 17.5. The summed E-state index contributed by atoms with van der Waals surface area (Å²) in [6.45, 7) is 15.6. The summed E-state index contributed by atoms with van der Waals surface area (Å²) < 4.78 is 57.5. The number of hydrogen-bond acceptors (Lipinski definition) is 12. The number of imidazole rings is 1. The normalized spacial score (nSPS) is 23.4. The van der Waals surface area contributed by atoms with E-state index in [1.807, 2.05) is 61.5 Å². The Morgan fingerprint density at radius 2 is 1.69 bits per heavy atom. The Morgan fingerprint density at radius 3 is 2.31 bits per heavy atom. The lowest BCUT2D eigenvalue weighted by molar-refractivity contribution is -0.0556. The molecule has 5 rings (SSSR count). The summed E-state index contributed by atoms with van der Waals surface area (Å²) in [7, 11) is -9.41. The molecule has 0 unspecified atom stereocenters. The first-order valence-corrected chi connectivity index (χ1v) is 22.4. The highest BCUT2D eigenvalue weighted by Gasteiger charge is 2.59. The number of nitrogens with one attached hydrogen (secondary N) is 1. The maximum atomic E-state index is 12.0. The van der Waals surface area contributed by atoms with Crippen LogP contribution in [-0.4, -0.2) is 81.9 Å². The molecule has 5 atom stereocenters. The quantitative estimate of drug-likeness (QED) is 0.178. The van der Waals surface area contributed by atoms with E-state index in [1.54, 1.807) is 18.0 Å². The number of ether oxygens (including phenoxy) is 2. The molecule has 0 radical (unpaired) electrons. The maximum absolute atomic E-state index is 12.0. The molecular formula is C32H52N6O8SSi2. The van der Waals surface area contributed by atoms with Crippen molar-refractivity contribution in [3.63, 3.8) is 0 Å². The molecule has 2 aliphatic rings. The average molecular weight is 737 g/mol. The van der Waals surface area contributed by atoms with Crippen molar-refractivity contribution in [2.24, 2.45) is 5.14 Å². The molecule has 4 N–H and O–H groups in total. The number of aryl methyl sites for hydroxylation is 1. The number of nitrogens with zero attached hydrogens (tertiary/aromatic N) is 4. The number of rotatable bonds is 15. The molecule has 0 amide bonds. The van der Waals surface area contributed by atoms with Crippen LogP contribution in [0.4, 0.5) is 5.82 Å². The first-order valence-electron chi connectivity index (χ1n) is 17.0. The third kappa shape index (κ3) is 7.51. The highest BCUT2D eigenvalue weighted by atomic mass is 32.2. The minimum absolute atomic E-state index is 0.0791. The third-order valence-corrected chi connectivity index (χ3v) is 20.2. The summed E-state index contributed by atoms with van der Waals surface area (Å²) in [5, 5.41) is 8.82. The Bertz CT molecular complexity index is 1690. The molecule has 0 spiro atoms. The van der Waals surface area contributed by atoms with Gasteiger partial charge >= 0.3 is 27.4 Å². The second-order valence-corrected chi connectivity index (χ2v) is 24.1. The van der Waals surface area contributed by atoms with Crippen LogP contribution in [0.15, 0.2) is 36.9 Å². The van der Waals surface area contributed by atoms with E-state index in [4.69, 9.17) is 32.3 Å². The standard InChI is InChI=1S/C32H52N6O8SSi2/c1-19(2)48(41,20(3)4)46-49(21(5)6,22(7)8)45-28-26(16-43-47(33,39)40)44-32(29(28)42-9)38-18-36-27-30(34-17-35-31(27)38)37-25-15-14-23-12-10-11-13-24(23)25/h10-13,17-22,25-26,28-29,32,41H,14-16H2,1-9H3,(H2,33,39,40)(H,34,35,37)/t25-,26+,28+,29-,32+/m0/s1. The number of benzene rings is 1. The zero-order chi connectivity index (χ0) is 35.9. The first-order chi connectivity index (χ1) is 23.0. The molecule has 272 valence electrons. The van der Waals surface area contributed by atoms with E-state index in [-0.39, 0.29) is 28.2 Å². The number of aromatic nitrogens is 4. The van der Waals surface area contributed by atoms with Gasteiger partial charge in [-0.25, -0.2) is 20.1 Å². The number of fused-ring (bicyclic) bond motifs is 2. The summed E-state index contributed by atoms with van der Waals surface area (Å²) in [6, 6.07) is 8.44. The van der Waals surface area contributed by atoms with Crippen LogP contribution in [0.3, 0.4) is 0 Å². The van der Waals surface area contributed by atoms with E-state index in [2.05, 4.69) is 33.5 Å². The summed E-state index contributed by atoms with van der Waals surface area (Å²) in [5.41, 5.74) is 3.18. The highest BCUT2D eigenvalue weighted by molar-refractivity contribution is 7.84. The number of methoxy groups -OCH3 is 1. The predicted octanol–water partition coefficient (Wildman–Crippen LogP) is 4.98. The summed E-state index contributed by atoms with van der Waals surface area (Å²) >= 11 is 0. The maximum Gasteiger partial charge on any atom is 0.335 e. The largest absolute Gasteiger partial charge is 0.414 e. The van der Waals surface area contributed by atoms with E-state index < -0.39 is 58.6 Å². The first kappa shape index (κ1) is 37.9. The van der Waals surface area contributed by atoms with Gasteiger partial charge in [-0.2, -0.15) is 8.42 Å². The van der Waals surface area contributed by atoms with Crippen LogP contribution in [0.5, 0.6) is 0 Å². The van der Waals surface area contributed by atoms with E-state index in [0.717, 1.165) is 12.8 Å². The highest BCUT2D eigenvalue weighted by Crippen LogP contribution is 2.46. The molecule has 3 aromatic rings. The molecule has 0 saturated carbocycles. The van der Waals surface area contributed by atoms with Crippen LogP contribution in [0.25, 0.3) is 11.2 Å². The Balaban J connectivity index is 1.53. The van der Waals surface area contributed by atoms with Crippen molar-refractivity contribution in [3.05, 3.63) is 48.0 Å². The minimum Gasteiger partial charge on any atom is -0.414 e. The topological polar surface area (TPSA) is 182 Å². The Hall–Kier alpha value is -2.33. The zero-order valence-corrected chi connectivity index (χ0v) is 32.7. The van der Waals surface area contributed by atoms with Crippen LogP contribution in [0.1, 0.15) is 85.2 Å². The van der Waals surface area contributed by atoms with Crippen LogP contribution in [-0.2, 0) is 38.9 Å². The molecule has 3 heterocycles. The van der Waals surface area contributed by atoms with Gasteiger partial charge < -0.3 is 28.1 Å². The van der Waals surface area contributed by atoms with Gasteiger partial charge in [-0.3, -0.25) is 8.75 Å². The molecule has 1 aliphatic heterocycles. The molecule has 1 fully saturated rings. The van der Waals surface area contributed by atoms with Crippen LogP contribution in [0.2, 0.25) is 22.2 Å². The van der Waals surface area contributed by atoms with Crippen molar-refractivity contribution < 1.29 is 35.4 Å². The van der Waals surface area contributed by atoms with Crippen molar-refractivity contribution in [3.8, 4) is 0 Å². The molecule has 1 aromatic carbocycles. The Morgan fingerprint density at radius 1 is 1.02 bits per heavy atom. The second-order valence-electron chi connectivity index (χ2n) is 14.3. The van der Waals surface area contributed by atoms with Crippen molar-refractivity contribution >= 4 is 44.4 Å². The van der Waals surface area contributed by atoms with Crippen molar-refractivity contribution in [2.75, 3.05) is 19.0 Å². The SMILES string of the molecule is CO[C@H]1[C@H](O[Si](O[Si](O)(C(C)C)C(C)C)(C(C)C)C(C)C)[C@@H](COS(N)(=O)=O)O[C@H]1n1cnc2c(N[C@H]3CCc4ccccc43)ncnc21. The van der Waals surface area contributed by atoms with Gasteiger partial charge in [0, 0.05) is 7.11 Å². The number of hydrogen-bond donors (Lipinski definition) is 3. The summed E-state index contributed by atoms with van der Waals surface area (Å²) in [6.07, 6.45) is 1.56. The molecule has 1 saturated heterocycles. The van der Waals surface area contributed by atoms with E-state index in [0.29, 0.717) is 17.0 Å². The fraction of sp³-hybridized carbons (Fsp3) is 0.656. The molecule has 49 heavy (non-hydrogen) atoms. The molecule has 0 bridgehead atoms. The molecule has 2 aromatic heterocycles. The minimum atomic E-state index is -4.31. The lowest BCUT2D eigenvalue weighted by Gasteiger charge is -2.47. The van der Waals surface area contributed by atoms with Crippen molar-refractivity contribution in [2.45, 2.75) is 121 Å². The summed E-state index contributed by atoms with van der Waals surface area (Å²) in [4.78, 5) is 25.8. The van der Waals surface area contributed by atoms with Crippen LogP contribution in [0, 0.1) is 0 Å². The van der Waals surface area contributed by atoms with Crippen LogP contribution >= 0.6 is 0 Å². The molecular weight excluding hydrogens is 685 g/mol. The zero-order valence-electron chi connectivity index (χ0n) is 29.9. The fourth-order valence-electron chi connectivity index (χ4n) is 7.21. The van der Waals surface area contributed by atoms with Crippen LogP contribution < -0.4 is 10.5 Å². The van der Waals surface area contributed by atoms with Crippen molar-refractivity contribution in [1.82, 2.24) is 19.5 Å². The predicted molar refractivity (Wildman–Crippen MR) is 190 cm³/mol. The van der Waals surface area contributed by atoms with Gasteiger partial charge in [-0.1, -0.05) is 79.7 Å². The Labute approximate surface area is 291 Å². The monoisotopic (exact) mass is 736 g/mol. The molecule has 14 nitrogen and oxygen atoms in total. The van der Waals surface area contributed by atoms with E-state index in [9.17, 15) is 13.2 Å². The lowest BCUT2D eigenvalue weighted by atomic mass is 10.1. The number of nitrogens with two attached hydrogens (primary N) is 1. The van der Waals surface area contributed by atoms with Gasteiger partial charge in [0.05, 0.1) is 19.0 Å². The third-order valence-electron chi connectivity index (χ3n) is 9.94. The average Bonchev–Trinajstić information content (AvgIpc) is 3.74. The van der Waals surface area contributed by atoms with E-state index in [1.165, 1.54) is 17.5 Å². The Kier molecular flexibility index (Phi) is 11.4. The van der Waals surface area contributed by atoms with E-state index >= 15 is 0 Å². The van der Waals surface area contributed by atoms with Gasteiger partial charge in [0.2, 0.25) is 0 Å². The van der Waals surface area contributed by atoms with Gasteiger partial charge in [0.15, 0.2) is 23.2 Å². The smallest absolute Gasteiger partial charge is 0.335 e.